The topological polar surface area (TPSA) is 43.6 Å². The van der Waals surface area contributed by atoms with Crippen LogP contribution in [0.2, 0.25) is 0 Å². The van der Waals surface area contributed by atoms with E-state index in [4.69, 9.17) is 15.0 Å². The van der Waals surface area contributed by atoms with Gasteiger partial charge in [-0.15, -0.1) is 0 Å². The molecule has 0 amide bonds. The van der Waals surface area contributed by atoms with Crippen LogP contribution in [0.25, 0.3) is 72.8 Å². The molecule has 0 atom stereocenters. The van der Waals surface area contributed by atoms with Crippen LogP contribution in [-0.2, 0) is 0 Å². The second-order valence-corrected chi connectivity index (χ2v) is 11.9. The zero-order valence-electron chi connectivity index (χ0n) is 26.1. The van der Waals surface area contributed by atoms with Crippen LogP contribution in [0.5, 0.6) is 0 Å². The van der Waals surface area contributed by atoms with Crippen LogP contribution in [-0.4, -0.2) is 19.5 Å². The van der Waals surface area contributed by atoms with E-state index < -0.39 is 0 Å². The number of rotatable bonds is 5. The zero-order valence-corrected chi connectivity index (χ0v) is 26.1. The molecule has 0 spiro atoms. The number of aryl methyl sites for hydroxylation is 3. The molecule has 0 aliphatic heterocycles. The second kappa shape index (κ2) is 11.2. The van der Waals surface area contributed by atoms with Crippen molar-refractivity contribution >= 4 is 22.1 Å². The first-order chi connectivity index (χ1) is 22.5. The third kappa shape index (κ3) is 4.85. The maximum Gasteiger partial charge on any atom is 0.145 e. The summed E-state index contributed by atoms with van der Waals surface area (Å²) >= 11 is 0. The largest absolute Gasteiger partial charge is 0.292 e. The molecule has 0 aliphatic rings. The summed E-state index contributed by atoms with van der Waals surface area (Å²) in [5.41, 5.74) is 16.1. The first-order valence-electron chi connectivity index (χ1n) is 15.6. The smallest absolute Gasteiger partial charge is 0.145 e. The van der Waals surface area contributed by atoms with Crippen molar-refractivity contribution in [1.82, 2.24) is 19.5 Å². The highest BCUT2D eigenvalue weighted by atomic mass is 15.1. The van der Waals surface area contributed by atoms with Crippen molar-refractivity contribution in [3.05, 3.63) is 156 Å². The van der Waals surface area contributed by atoms with Crippen LogP contribution in [0.3, 0.4) is 0 Å². The molecule has 46 heavy (non-hydrogen) atoms. The van der Waals surface area contributed by atoms with Crippen molar-refractivity contribution in [3.63, 3.8) is 0 Å². The first kappa shape index (κ1) is 27.7. The van der Waals surface area contributed by atoms with Gasteiger partial charge in [-0.1, -0.05) is 121 Å². The minimum atomic E-state index is 0.882. The fourth-order valence-corrected chi connectivity index (χ4v) is 6.60. The van der Waals surface area contributed by atoms with Gasteiger partial charge in [-0.05, 0) is 67.3 Å². The van der Waals surface area contributed by atoms with Gasteiger partial charge in [0, 0.05) is 16.7 Å². The third-order valence-electron chi connectivity index (χ3n) is 8.67. The van der Waals surface area contributed by atoms with Crippen molar-refractivity contribution in [3.8, 4) is 50.7 Å². The predicted molar refractivity (Wildman–Crippen MR) is 190 cm³/mol. The molecule has 0 unspecified atom stereocenters. The fourth-order valence-electron chi connectivity index (χ4n) is 6.60. The summed E-state index contributed by atoms with van der Waals surface area (Å²) in [6, 6.07) is 48.6. The second-order valence-electron chi connectivity index (χ2n) is 11.9. The van der Waals surface area contributed by atoms with Crippen molar-refractivity contribution in [1.29, 1.82) is 0 Å². The molecular weight excluding hydrogens is 560 g/mol. The van der Waals surface area contributed by atoms with Crippen LogP contribution in [0.1, 0.15) is 16.7 Å². The number of hydrogen-bond acceptors (Lipinski definition) is 3. The lowest BCUT2D eigenvalue weighted by molar-refractivity contribution is 1.06. The summed E-state index contributed by atoms with van der Waals surface area (Å²) in [6.07, 6.45) is 0. The van der Waals surface area contributed by atoms with Crippen molar-refractivity contribution in [2.45, 2.75) is 20.8 Å². The maximum atomic E-state index is 5.12. The highest BCUT2D eigenvalue weighted by molar-refractivity contribution is 5.87. The number of benzene rings is 6. The van der Waals surface area contributed by atoms with Crippen molar-refractivity contribution < 1.29 is 0 Å². The number of aromatic nitrogens is 4. The molecule has 6 aromatic carbocycles. The van der Waals surface area contributed by atoms with Gasteiger partial charge in [-0.3, -0.25) is 4.57 Å². The van der Waals surface area contributed by atoms with Gasteiger partial charge >= 0.3 is 0 Å². The van der Waals surface area contributed by atoms with Crippen LogP contribution in [0, 0.1) is 20.8 Å². The lowest BCUT2D eigenvalue weighted by Gasteiger charge is -2.16. The molecule has 0 bridgehead atoms. The van der Waals surface area contributed by atoms with Crippen LogP contribution < -0.4 is 0 Å². The van der Waals surface area contributed by atoms with E-state index in [1.54, 1.807) is 0 Å². The molecule has 0 fully saturated rings. The molecule has 4 nitrogen and oxygen atoms in total. The molecule has 8 aromatic rings. The van der Waals surface area contributed by atoms with Gasteiger partial charge in [-0.2, -0.15) is 0 Å². The van der Waals surface area contributed by atoms with E-state index in [-0.39, 0.29) is 0 Å². The molecule has 0 aliphatic carbocycles. The molecule has 2 heterocycles. The number of hydrogen-bond donors (Lipinski definition) is 0. The molecule has 4 heteroatoms. The predicted octanol–water partition coefficient (Wildman–Crippen LogP) is 10.6. The Morgan fingerprint density at radius 2 is 0.870 bits per heavy atom. The Kier molecular flexibility index (Phi) is 6.76. The van der Waals surface area contributed by atoms with Gasteiger partial charge in [-0.25, -0.2) is 15.0 Å². The first-order valence-corrected chi connectivity index (χ1v) is 15.6. The molecule has 220 valence electrons. The number of imidazole rings is 1. The van der Waals surface area contributed by atoms with E-state index in [9.17, 15) is 0 Å². The number of nitrogens with zero attached hydrogens (tertiary/aromatic N) is 4. The van der Waals surface area contributed by atoms with Crippen LogP contribution in [0.4, 0.5) is 0 Å². The molecule has 0 radical (unpaired) electrons. The summed E-state index contributed by atoms with van der Waals surface area (Å²) in [5.74, 6) is 0.946. The zero-order chi connectivity index (χ0) is 31.2. The van der Waals surface area contributed by atoms with E-state index in [0.29, 0.717) is 0 Å². The fraction of sp³-hybridized carbons (Fsp3) is 0.0714. The SMILES string of the molecule is Cc1cc(C)c(-n2c(-c3ccc(-c4ccc(-c5nc6ccccc6nc5-c5ccccc5)cc4)cc3)nc3ccccc32)c(C)c1. The van der Waals surface area contributed by atoms with E-state index in [2.05, 4.69) is 122 Å². The standard InChI is InChI=1S/C42H32N4/c1-27-25-28(2)41(29(3)26-27)46-38-16-10-9-15-37(38)45-42(46)34-23-19-31(20-24-34)30-17-21-33(22-18-30)40-39(32-11-5-4-6-12-32)43-35-13-7-8-14-36(35)44-40/h4-26H,1-3H3. The summed E-state index contributed by atoms with van der Waals surface area (Å²) < 4.78 is 2.32. The van der Waals surface area contributed by atoms with Crippen LogP contribution in [0.15, 0.2) is 140 Å². The van der Waals surface area contributed by atoms with Gasteiger partial charge < -0.3 is 0 Å². The van der Waals surface area contributed by atoms with Crippen molar-refractivity contribution in [2.24, 2.45) is 0 Å². The quantitative estimate of drug-likeness (QED) is 0.200. The third-order valence-corrected chi connectivity index (χ3v) is 8.67. The summed E-state index contributed by atoms with van der Waals surface area (Å²) in [4.78, 5) is 15.2. The highest BCUT2D eigenvalue weighted by Gasteiger charge is 2.18. The lowest BCUT2D eigenvalue weighted by Crippen LogP contribution is -2.03. The van der Waals surface area contributed by atoms with Crippen molar-refractivity contribution in [2.75, 3.05) is 0 Å². The van der Waals surface area contributed by atoms with E-state index in [0.717, 1.165) is 67.1 Å². The minimum Gasteiger partial charge on any atom is -0.292 e. The van der Waals surface area contributed by atoms with Gasteiger partial charge in [0.1, 0.15) is 5.82 Å². The van der Waals surface area contributed by atoms with Crippen LogP contribution >= 0.6 is 0 Å². The summed E-state index contributed by atoms with van der Waals surface area (Å²) in [7, 11) is 0. The highest BCUT2D eigenvalue weighted by Crippen LogP contribution is 2.35. The van der Waals surface area contributed by atoms with Gasteiger partial charge in [0.2, 0.25) is 0 Å². The van der Waals surface area contributed by atoms with E-state index in [1.807, 2.05) is 42.5 Å². The summed E-state index contributed by atoms with van der Waals surface area (Å²) in [5, 5.41) is 0. The van der Waals surface area contributed by atoms with Gasteiger partial charge in [0.15, 0.2) is 0 Å². The van der Waals surface area contributed by atoms with E-state index in [1.165, 1.54) is 22.4 Å². The average Bonchev–Trinajstić information content (AvgIpc) is 3.47. The average molecular weight is 593 g/mol. The monoisotopic (exact) mass is 592 g/mol. The van der Waals surface area contributed by atoms with Gasteiger partial charge in [0.05, 0.1) is 39.1 Å². The molecule has 2 aromatic heterocycles. The van der Waals surface area contributed by atoms with Gasteiger partial charge in [0.25, 0.3) is 0 Å². The molecule has 0 saturated carbocycles. The Morgan fingerprint density at radius 3 is 1.46 bits per heavy atom. The summed E-state index contributed by atoms with van der Waals surface area (Å²) in [6.45, 7) is 6.53. The Bertz CT molecular complexity index is 2340. The normalized spacial score (nSPS) is 11.4. The van der Waals surface area contributed by atoms with E-state index >= 15 is 0 Å². The Morgan fingerprint density at radius 1 is 0.413 bits per heavy atom. The molecule has 0 saturated heterocycles. The Hall–Kier alpha value is -5.87. The Balaban J connectivity index is 1.17. The minimum absolute atomic E-state index is 0.882. The molecular formula is C42H32N4. The Labute approximate surface area is 268 Å². The molecule has 0 N–H and O–H groups in total. The number of para-hydroxylation sites is 4. The maximum absolute atomic E-state index is 5.12. The number of fused-ring (bicyclic) bond motifs is 2. The molecule has 8 rings (SSSR count). The lowest BCUT2D eigenvalue weighted by atomic mass is 9.99.